The van der Waals surface area contributed by atoms with E-state index in [0.29, 0.717) is 22.6 Å². The molecule has 1 aliphatic carbocycles. The van der Waals surface area contributed by atoms with Crippen LogP contribution in [0.4, 0.5) is 5.95 Å². The van der Waals surface area contributed by atoms with E-state index in [4.69, 9.17) is 11.6 Å². The minimum absolute atomic E-state index is 0.00599. The molecular weight excluding hydrogens is 380 g/mol. The quantitative estimate of drug-likeness (QED) is 0.724. The van der Waals surface area contributed by atoms with Gasteiger partial charge in [0.25, 0.3) is 5.95 Å². The van der Waals surface area contributed by atoms with Crippen molar-refractivity contribution in [1.29, 1.82) is 0 Å². The van der Waals surface area contributed by atoms with E-state index in [2.05, 4.69) is 30.8 Å². The van der Waals surface area contributed by atoms with Gasteiger partial charge in [-0.25, -0.2) is 0 Å². The molecule has 28 heavy (non-hydrogen) atoms. The topological polar surface area (TPSA) is 107 Å². The Morgan fingerprint density at radius 1 is 1.29 bits per heavy atom. The minimum Gasteiger partial charge on any atom is -0.508 e. The van der Waals surface area contributed by atoms with E-state index in [9.17, 15) is 9.90 Å². The summed E-state index contributed by atoms with van der Waals surface area (Å²) in [7, 11) is 0. The van der Waals surface area contributed by atoms with Crippen molar-refractivity contribution in [3.8, 4) is 5.75 Å². The van der Waals surface area contributed by atoms with Crippen molar-refractivity contribution < 1.29 is 9.90 Å². The van der Waals surface area contributed by atoms with Crippen LogP contribution in [0.25, 0.3) is 0 Å². The van der Waals surface area contributed by atoms with Gasteiger partial charge in [-0.2, -0.15) is 5.21 Å². The number of carbonyl (C=O) groups excluding carboxylic acids is 1. The lowest BCUT2D eigenvalue weighted by molar-refractivity contribution is -0.124. The molecule has 9 heteroatoms. The van der Waals surface area contributed by atoms with Gasteiger partial charge in [-0.05, 0) is 62.3 Å². The molecule has 148 valence electrons. The van der Waals surface area contributed by atoms with Gasteiger partial charge < -0.3 is 15.3 Å². The highest BCUT2D eigenvalue weighted by atomic mass is 35.5. The molecule has 0 radical (unpaired) electrons. The number of nitrogens with one attached hydrogen (secondary N) is 2. The summed E-state index contributed by atoms with van der Waals surface area (Å²) in [5.74, 6) is 0.703. The highest BCUT2D eigenvalue weighted by Crippen LogP contribution is 2.52. The Balaban J connectivity index is 1.38. The standard InChI is InChI=1S/C19H23ClN6O2/c20-11-4-6-13(16(27)10-11)19(8-9-19)17(28)21-14-3-1-2-12-5-7-15(14)26(12)18-22-24-25-23-18/h4,6,10,12,14-15,27H,1-3,5,7-9H2,(H,21,28)(H,22,23,24,25)/t12-,14-,15-/m1/s1. The van der Waals surface area contributed by atoms with Crippen LogP contribution in [0.15, 0.2) is 18.2 Å². The molecule has 3 atom stereocenters. The van der Waals surface area contributed by atoms with Crippen LogP contribution < -0.4 is 10.2 Å². The summed E-state index contributed by atoms with van der Waals surface area (Å²) in [5, 5.41) is 28.7. The molecule has 1 saturated carbocycles. The molecule has 2 aliphatic heterocycles. The second kappa shape index (κ2) is 6.62. The van der Waals surface area contributed by atoms with Gasteiger partial charge in [-0.15, -0.1) is 5.10 Å². The number of hydrogen-bond donors (Lipinski definition) is 3. The molecule has 1 amide bonds. The Hall–Kier alpha value is -2.35. The number of hydrogen-bond acceptors (Lipinski definition) is 6. The summed E-state index contributed by atoms with van der Waals surface area (Å²) >= 11 is 5.96. The van der Waals surface area contributed by atoms with Gasteiger partial charge in [0.2, 0.25) is 5.91 Å². The molecule has 0 spiro atoms. The van der Waals surface area contributed by atoms with Crippen LogP contribution in [-0.2, 0) is 10.2 Å². The number of fused-ring (bicyclic) bond motifs is 2. The first-order valence-electron chi connectivity index (χ1n) is 9.90. The molecule has 0 unspecified atom stereocenters. The fourth-order valence-corrected chi connectivity index (χ4v) is 5.23. The zero-order chi connectivity index (χ0) is 19.3. The lowest BCUT2D eigenvalue weighted by atomic mass is 9.91. The smallest absolute Gasteiger partial charge is 0.266 e. The van der Waals surface area contributed by atoms with Crippen molar-refractivity contribution in [3.63, 3.8) is 0 Å². The zero-order valence-corrected chi connectivity index (χ0v) is 16.2. The number of rotatable bonds is 4. The average molecular weight is 403 g/mol. The number of phenols is 1. The van der Waals surface area contributed by atoms with E-state index in [1.54, 1.807) is 12.1 Å². The molecule has 3 aliphatic rings. The van der Waals surface area contributed by atoms with Crippen molar-refractivity contribution in [1.82, 2.24) is 25.9 Å². The second-order valence-electron chi connectivity index (χ2n) is 8.17. The number of nitrogens with zero attached hydrogens (tertiary/aromatic N) is 4. The van der Waals surface area contributed by atoms with Crippen molar-refractivity contribution in [3.05, 3.63) is 28.8 Å². The summed E-state index contributed by atoms with van der Waals surface area (Å²) in [6.45, 7) is 0. The third-order valence-corrected chi connectivity index (χ3v) is 6.84. The molecular formula is C19H23ClN6O2. The molecule has 5 rings (SSSR count). The first-order valence-corrected chi connectivity index (χ1v) is 10.3. The minimum atomic E-state index is -0.643. The number of phenolic OH excluding ortho intramolecular Hbond substituents is 1. The Morgan fingerprint density at radius 2 is 2.14 bits per heavy atom. The van der Waals surface area contributed by atoms with E-state index < -0.39 is 5.41 Å². The predicted molar refractivity (Wildman–Crippen MR) is 103 cm³/mol. The van der Waals surface area contributed by atoms with Crippen molar-refractivity contribution in [2.75, 3.05) is 4.90 Å². The lowest BCUT2D eigenvalue weighted by Crippen LogP contribution is -2.52. The maximum absolute atomic E-state index is 13.3. The van der Waals surface area contributed by atoms with E-state index in [0.717, 1.165) is 44.9 Å². The summed E-state index contributed by atoms with van der Waals surface area (Å²) in [6.07, 6.45) is 6.62. The van der Waals surface area contributed by atoms with E-state index in [-0.39, 0.29) is 23.7 Å². The number of carbonyl (C=O) groups is 1. The fraction of sp³-hybridized carbons (Fsp3) is 0.579. The number of tetrazole rings is 1. The molecule has 1 aromatic heterocycles. The maximum Gasteiger partial charge on any atom is 0.266 e. The zero-order valence-electron chi connectivity index (χ0n) is 15.4. The summed E-state index contributed by atoms with van der Waals surface area (Å²) in [5.41, 5.74) is 0.0259. The van der Waals surface area contributed by atoms with Crippen LogP contribution in [-0.4, -0.2) is 49.8 Å². The Bertz CT molecular complexity index is 885. The molecule has 2 saturated heterocycles. The number of aromatic nitrogens is 4. The number of halogens is 1. The Morgan fingerprint density at radius 3 is 2.86 bits per heavy atom. The van der Waals surface area contributed by atoms with Crippen molar-refractivity contribution in [2.24, 2.45) is 0 Å². The highest BCUT2D eigenvalue weighted by molar-refractivity contribution is 6.30. The van der Waals surface area contributed by atoms with Crippen LogP contribution >= 0.6 is 11.6 Å². The lowest BCUT2D eigenvalue weighted by Gasteiger charge is -2.32. The van der Waals surface area contributed by atoms with Gasteiger partial charge in [0.1, 0.15) is 5.75 Å². The molecule has 3 fully saturated rings. The Kier molecular flexibility index (Phi) is 4.19. The van der Waals surface area contributed by atoms with Gasteiger partial charge in [-0.1, -0.05) is 22.8 Å². The SMILES string of the molecule is O=C(N[C@@H]1CCC[C@@H]2CC[C@H]1N2c1nn[nH]n1)C1(c2ccc(Cl)cc2O)CC1. The van der Waals surface area contributed by atoms with Gasteiger partial charge in [0, 0.05) is 22.7 Å². The summed E-state index contributed by atoms with van der Waals surface area (Å²) < 4.78 is 0. The summed E-state index contributed by atoms with van der Waals surface area (Å²) in [4.78, 5) is 15.5. The largest absolute Gasteiger partial charge is 0.508 e. The van der Waals surface area contributed by atoms with Crippen LogP contribution in [0.2, 0.25) is 5.02 Å². The van der Waals surface area contributed by atoms with E-state index in [1.807, 2.05) is 0 Å². The van der Waals surface area contributed by atoms with Gasteiger partial charge in [0.15, 0.2) is 0 Å². The average Bonchev–Trinajstić information content (AvgIpc) is 3.13. The third-order valence-electron chi connectivity index (χ3n) is 6.60. The molecule has 3 N–H and O–H groups in total. The van der Waals surface area contributed by atoms with Crippen LogP contribution in [0, 0.1) is 0 Å². The molecule has 2 bridgehead atoms. The van der Waals surface area contributed by atoms with Gasteiger partial charge >= 0.3 is 0 Å². The fourth-order valence-electron chi connectivity index (χ4n) is 5.06. The monoisotopic (exact) mass is 402 g/mol. The third kappa shape index (κ3) is 2.82. The van der Waals surface area contributed by atoms with E-state index >= 15 is 0 Å². The van der Waals surface area contributed by atoms with Crippen molar-refractivity contribution in [2.45, 2.75) is 68.5 Å². The number of H-pyrrole nitrogens is 1. The Labute approximate surface area is 167 Å². The number of amides is 1. The molecule has 2 aromatic rings. The first kappa shape index (κ1) is 17.7. The molecule has 3 heterocycles. The molecule has 8 nitrogen and oxygen atoms in total. The number of benzene rings is 1. The number of aromatic amines is 1. The van der Waals surface area contributed by atoms with Gasteiger partial charge in [-0.3, -0.25) is 4.79 Å². The van der Waals surface area contributed by atoms with Gasteiger partial charge in [0.05, 0.1) is 11.5 Å². The second-order valence-corrected chi connectivity index (χ2v) is 8.61. The number of anilines is 1. The number of aromatic hydroxyl groups is 1. The highest BCUT2D eigenvalue weighted by Gasteiger charge is 2.54. The summed E-state index contributed by atoms with van der Waals surface area (Å²) in [6, 6.07) is 5.62. The predicted octanol–water partition coefficient (Wildman–Crippen LogP) is 2.30. The molecule has 1 aromatic carbocycles. The van der Waals surface area contributed by atoms with Crippen LogP contribution in [0.3, 0.4) is 0 Å². The van der Waals surface area contributed by atoms with E-state index in [1.165, 1.54) is 6.07 Å². The van der Waals surface area contributed by atoms with Crippen molar-refractivity contribution >= 4 is 23.5 Å². The van der Waals surface area contributed by atoms with Crippen LogP contribution in [0.5, 0.6) is 5.75 Å². The maximum atomic E-state index is 13.3. The van der Waals surface area contributed by atoms with Crippen LogP contribution in [0.1, 0.15) is 50.5 Å². The first-order chi connectivity index (χ1) is 13.6. The normalized spacial score (nSPS) is 28.0.